The second-order valence-corrected chi connectivity index (χ2v) is 3.13. The molecule has 0 spiro atoms. The Balaban J connectivity index is 2.80. The van der Waals surface area contributed by atoms with Crippen LogP contribution in [0.1, 0.15) is 5.56 Å². The van der Waals surface area contributed by atoms with E-state index < -0.39 is 5.97 Å². The molecule has 0 aromatic heterocycles. The fraction of sp³-hybridized carbons (Fsp3) is 0. The van der Waals surface area contributed by atoms with Gasteiger partial charge in [-0.05, 0) is 23.8 Å². The quantitative estimate of drug-likeness (QED) is 0.635. The van der Waals surface area contributed by atoms with Crippen LogP contribution in [0, 0.1) is 5.82 Å². The van der Waals surface area contributed by atoms with Gasteiger partial charge in [-0.2, -0.15) is 0 Å². The summed E-state index contributed by atoms with van der Waals surface area (Å²) in [5, 5.41) is 8.68. The predicted octanol–water partition coefficient (Wildman–Crippen LogP) is 3.05. The van der Waals surface area contributed by atoms with Crippen LogP contribution in [-0.4, -0.2) is 11.1 Å². The minimum Gasteiger partial charge on any atom is -0.478 e. The third-order valence-corrected chi connectivity index (χ3v) is 1.95. The number of allylic oxidation sites excluding steroid dienone is 2. The maximum absolute atomic E-state index is 12.6. The molecule has 0 saturated heterocycles. The lowest BCUT2D eigenvalue weighted by molar-refractivity contribution is -0.131. The normalized spacial score (nSPS) is 12.0. The minimum atomic E-state index is -1.05. The molecule has 1 rings (SSSR count). The molecular formula is C11H8ClFO2. The highest BCUT2D eigenvalue weighted by Gasteiger charge is 1.96. The van der Waals surface area contributed by atoms with Crippen LogP contribution in [0.2, 0.25) is 0 Å². The molecule has 1 aromatic carbocycles. The average Bonchev–Trinajstić information content (AvgIpc) is 2.18. The Morgan fingerprint density at radius 1 is 1.33 bits per heavy atom. The number of hydrogen-bond donors (Lipinski definition) is 1. The number of carboxylic acids is 1. The lowest BCUT2D eigenvalue weighted by Gasteiger charge is -1.96. The van der Waals surface area contributed by atoms with Gasteiger partial charge in [-0.1, -0.05) is 29.8 Å². The second kappa shape index (κ2) is 5.32. The Morgan fingerprint density at radius 3 is 2.47 bits per heavy atom. The zero-order chi connectivity index (χ0) is 11.3. The summed E-state index contributed by atoms with van der Waals surface area (Å²) in [7, 11) is 0. The summed E-state index contributed by atoms with van der Waals surface area (Å²) in [5.74, 6) is -1.39. The van der Waals surface area contributed by atoms with Gasteiger partial charge in [0.05, 0.1) is 0 Å². The molecule has 0 aliphatic carbocycles. The third kappa shape index (κ3) is 3.95. The van der Waals surface area contributed by atoms with Crippen LogP contribution in [-0.2, 0) is 4.79 Å². The Bertz CT molecular complexity index is 407. The molecule has 15 heavy (non-hydrogen) atoms. The van der Waals surface area contributed by atoms with Crippen LogP contribution in [0.5, 0.6) is 0 Å². The van der Waals surface area contributed by atoms with E-state index in [0.717, 1.165) is 6.08 Å². The van der Waals surface area contributed by atoms with Gasteiger partial charge in [-0.25, -0.2) is 9.18 Å². The molecule has 0 fully saturated rings. The molecule has 0 aliphatic rings. The van der Waals surface area contributed by atoms with E-state index in [1.807, 2.05) is 0 Å². The van der Waals surface area contributed by atoms with Crippen LogP contribution in [0.25, 0.3) is 5.03 Å². The zero-order valence-corrected chi connectivity index (χ0v) is 8.41. The highest BCUT2D eigenvalue weighted by atomic mass is 35.5. The molecule has 0 saturated carbocycles. The predicted molar refractivity (Wildman–Crippen MR) is 57.0 cm³/mol. The number of benzene rings is 1. The number of hydrogen-bond acceptors (Lipinski definition) is 1. The molecule has 0 atom stereocenters. The van der Waals surface area contributed by atoms with E-state index in [-0.39, 0.29) is 5.82 Å². The van der Waals surface area contributed by atoms with Crippen molar-refractivity contribution in [2.75, 3.05) is 0 Å². The first-order chi connectivity index (χ1) is 7.09. The summed E-state index contributed by atoms with van der Waals surface area (Å²) < 4.78 is 12.6. The lowest BCUT2D eigenvalue weighted by Crippen LogP contribution is -1.84. The smallest absolute Gasteiger partial charge is 0.328 e. The standard InChI is InChI=1S/C11H8ClFO2/c12-10(2-1-3-11(14)15)8-4-6-9(13)7-5-8/h1-7H,(H,14,15)/b3-1+,10-2-. The van der Waals surface area contributed by atoms with Gasteiger partial charge in [0.1, 0.15) is 5.82 Å². The molecular weight excluding hydrogens is 219 g/mol. The van der Waals surface area contributed by atoms with Crippen LogP contribution in [0.15, 0.2) is 42.5 Å². The highest BCUT2D eigenvalue weighted by Crippen LogP contribution is 2.18. The maximum atomic E-state index is 12.6. The Morgan fingerprint density at radius 2 is 1.93 bits per heavy atom. The van der Waals surface area contributed by atoms with Crippen molar-refractivity contribution in [2.24, 2.45) is 0 Å². The molecule has 0 radical (unpaired) electrons. The van der Waals surface area contributed by atoms with Crippen molar-refractivity contribution in [3.05, 3.63) is 53.9 Å². The van der Waals surface area contributed by atoms with Crippen molar-refractivity contribution in [2.45, 2.75) is 0 Å². The summed E-state index contributed by atoms with van der Waals surface area (Å²) in [6, 6.07) is 5.60. The van der Waals surface area contributed by atoms with Gasteiger partial charge in [0.2, 0.25) is 0 Å². The average molecular weight is 227 g/mol. The number of carboxylic acid groups (broad SMARTS) is 1. The van der Waals surface area contributed by atoms with E-state index in [9.17, 15) is 9.18 Å². The SMILES string of the molecule is O=C(O)/C=C/C=C(\Cl)c1ccc(F)cc1. The van der Waals surface area contributed by atoms with E-state index in [0.29, 0.717) is 10.6 Å². The Labute approximate surface area is 91.3 Å². The number of halogens is 2. The summed E-state index contributed by atoms with van der Waals surface area (Å²) in [5.41, 5.74) is 0.633. The Hall–Kier alpha value is -1.61. The lowest BCUT2D eigenvalue weighted by atomic mass is 10.2. The van der Waals surface area contributed by atoms with E-state index in [1.165, 1.54) is 36.4 Å². The van der Waals surface area contributed by atoms with Gasteiger partial charge in [0, 0.05) is 11.1 Å². The number of aliphatic carboxylic acids is 1. The summed E-state index contributed by atoms with van der Waals surface area (Å²) in [6.45, 7) is 0. The van der Waals surface area contributed by atoms with Crippen LogP contribution < -0.4 is 0 Å². The van der Waals surface area contributed by atoms with Gasteiger partial charge in [-0.3, -0.25) is 0 Å². The molecule has 1 N–H and O–H groups in total. The van der Waals surface area contributed by atoms with E-state index >= 15 is 0 Å². The van der Waals surface area contributed by atoms with Gasteiger partial charge in [0.25, 0.3) is 0 Å². The van der Waals surface area contributed by atoms with Crippen molar-refractivity contribution in [3.8, 4) is 0 Å². The summed E-state index contributed by atoms with van der Waals surface area (Å²) in [6.07, 6.45) is 3.71. The summed E-state index contributed by atoms with van der Waals surface area (Å²) in [4.78, 5) is 10.2. The summed E-state index contributed by atoms with van der Waals surface area (Å²) >= 11 is 5.84. The number of rotatable bonds is 3. The van der Waals surface area contributed by atoms with Crippen LogP contribution in [0.4, 0.5) is 4.39 Å². The topological polar surface area (TPSA) is 37.3 Å². The molecule has 0 amide bonds. The third-order valence-electron chi connectivity index (χ3n) is 1.60. The molecule has 0 unspecified atom stereocenters. The molecule has 0 heterocycles. The molecule has 2 nitrogen and oxygen atoms in total. The first-order valence-corrected chi connectivity index (χ1v) is 4.50. The zero-order valence-electron chi connectivity index (χ0n) is 7.65. The van der Waals surface area contributed by atoms with Crippen LogP contribution in [0.3, 0.4) is 0 Å². The van der Waals surface area contributed by atoms with Crippen LogP contribution >= 0.6 is 11.6 Å². The van der Waals surface area contributed by atoms with E-state index in [2.05, 4.69) is 0 Å². The van der Waals surface area contributed by atoms with Gasteiger partial charge in [-0.15, -0.1) is 0 Å². The van der Waals surface area contributed by atoms with Gasteiger partial charge < -0.3 is 5.11 Å². The molecule has 0 bridgehead atoms. The van der Waals surface area contributed by atoms with Crippen molar-refractivity contribution >= 4 is 22.6 Å². The van der Waals surface area contributed by atoms with Gasteiger partial charge >= 0.3 is 5.97 Å². The minimum absolute atomic E-state index is 0.343. The van der Waals surface area contributed by atoms with Gasteiger partial charge in [0.15, 0.2) is 0 Å². The number of carbonyl (C=O) groups is 1. The van der Waals surface area contributed by atoms with Crippen molar-refractivity contribution < 1.29 is 14.3 Å². The largest absolute Gasteiger partial charge is 0.478 e. The first kappa shape index (κ1) is 11.5. The molecule has 0 aliphatic heterocycles. The van der Waals surface area contributed by atoms with Crippen molar-refractivity contribution in [1.29, 1.82) is 0 Å². The fourth-order valence-electron chi connectivity index (χ4n) is 0.920. The first-order valence-electron chi connectivity index (χ1n) is 4.12. The second-order valence-electron chi connectivity index (χ2n) is 2.72. The molecule has 1 aromatic rings. The van der Waals surface area contributed by atoms with Crippen molar-refractivity contribution in [1.82, 2.24) is 0 Å². The van der Waals surface area contributed by atoms with Crippen molar-refractivity contribution in [3.63, 3.8) is 0 Å². The molecule has 78 valence electrons. The van der Waals surface area contributed by atoms with E-state index in [4.69, 9.17) is 16.7 Å². The highest BCUT2D eigenvalue weighted by molar-refractivity contribution is 6.48. The maximum Gasteiger partial charge on any atom is 0.328 e. The monoisotopic (exact) mass is 226 g/mol. The Kier molecular flexibility index (Phi) is 4.06. The molecule has 4 heteroatoms. The van der Waals surface area contributed by atoms with E-state index in [1.54, 1.807) is 0 Å². The fourth-order valence-corrected chi connectivity index (χ4v) is 1.12.